The minimum absolute atomic E-state index is 0.0338. The molecule has 1 aliphatic carbocycles. The molecule has 4 aromatic rings. The van der Waals surface area contributed by atoms with Crippen molar-refractivity contribution in [2.45, 2.75) is 135 Å². The topological polar surface area (TPSA) is 171 Å². The summed E-state index contributed by atoms with van der Waals surface area (Å²) in [6.45, 7) is 17.7. The first-order chi connectivity index (χ1) is 33.6. The number of aryl methyl sites for hydroxylation is 1. The molecule has 3 heterocycles. The Morgan fingerprint density at radius 1 is 1.06 bits per heavy atom. The summed E-state index contributed by atoms with van der Waals surface area (Å²) in [7, 11) is 3.60. The second-order valence-electron chi connectivity index (χ2n) is 19.5. The number of phenolic OH excluding ortho intramolecular Hbond substituents is 1. The zero-order valence-electron chi connectivity index (χ0n) is 43.0. The van der Waals surface area contributed by atoms with Gasteiger partial charge in [-0.1, -0.05) is 65.1 Å². The van der Waals surface area contributed by atoms with Crippen LogP contribution >= 0.6 is 11.9 Å². The number of amides is 2. The molecule has 4 N–H and O–H groups in total. The van der Waals surface area contributed by atoms with Crippen molar-refractivity contribution in [1.29, 1.82) is 0 Å². The molecule has 1 aliphatic heterocycles. The number of hydrogen-bond acceptors (Lipinski definition) is 13. The third-order valence-electron chi connectivity index (χ3n) is 13.4. The number of nitrogens with one attached hydrogen (secondary N) is 3. The number of nitrogens with zero attached hydrogens (tertiary/aromatic N) is 5. The van der Waals surface area contributed by atoms with Crippen LogP contribution in [0, 0.1) is 17.3 Å². The first kappa shape index (κ1) is 56.9. The fourth-order valence-electron chi connectivity index (χ4n) is 9.92. The molecular formula is C53H77N8O7SSb. The summed E-state index contributed by atoms with van der Waals surface area (Å²) in [4.78, 5) is 62.4. The van der Waals surface area contributed by atoms with E-state index in [0.29, 0.717) is 38.1 Å². The zero-order valence-corrected chi connectivity index (χ0v) is 46.4. The van der Waals surface area contributed by atoms with Gasteiger partial charge in [0.05, 0.1) is 24.1 Å². The molecule has 2 fully saturated rings. The van der Waals surface area contributed by atoms with Crippen molar-refractivity contribution in [2.75, 3.05) is 40.4 Å². The molecular weight excluding hydrogens is 1010 g/mol. The van der Waals surface area contributed by atoms with Crippen LogP contribution in [0.2, 0.25) is 4.87 Å². The van der Waals surface area contributed by atoms with E-state index in [1.165, 1.54) is 11.9 Å². The predicted molar refractivity (Wildman–Crippen MR) is 280 cm³/mol. The monoisotopic (exact) mass is 1090 g/mol. The summed E-state index contributed by atoms with van der Waals surface area (Å²) < 4.78 is 13.4. The van der Waals surface area contributed by atoms with Gasteiger partial charge < -0.3 is 29.3 Å². The summed E-state index contributed by atoms with van der Waals surface area (Å²) in [5, 5.41) is 20.7. The number of methoxy groups -OCH3 is 1. The molecule has 0 bridgehead atoms. The van der Waals surface area contributed by atoms with Gasteiger partial charge in [0.25, 0.3) is 12.4 Å². The number of fused-ring (bicyclic) bond motifs is 1. The molecule has 17 heteroatoms. The van der Waals surface area contributed by atoms with Crippen LogP contribution in [0.15, 0.2) is 54.7 Å². The number of phenols is 1. The van der Waals surface area contributed by atoms with Crippen LogP contribution in [0.25, 0.3) is 33.3 Å². The number of aldehydes is 1. The third kappa shape index (κ3) is 14.1. The van der Waals surface area contributed by atoms with Crippen LogP contribution in [-0.4, -0.2) is 135 Å². The number of carbonyl (C=O) groups excluding carboxylic acids is 4. The number of aromatic nitrogens is 2. The van der Waals surface area contributed by atoms with Crippen molar-refractivity contribution in [3.8, 4) is 28.1 Å². The van der Waals surface area contributed by atoms with E-state index in [1.54, 1.807) is 53.5 Å². The van der Waals surface area contributed by atoms with Gasteiger partial charge in [-0.2, -0.15) is 9.95 Å². The van der Waals surface area contributed by atoms with Crippen LogP contribution in [-0.2, 0) is 48.0 Å². The van der Waals surface area contributed by atoms with Crippen LogP contribution in [0.5, 0.6) is 5.75 Å². The van der Waals surface area contributed by atoms with Gasteiger partial charge in [0, 0.05) is 86.8 Å². The first-order valence-corrected chi connectivity index (χ1v) is 28.3. The molecule has 382 valence electrons. The number of ether oxygens (including phenoxy) is 2. The number of hydrogen-bond donors (Lipinski definition) is 4. The minimum atomic E-state index is -0.931. The van der Waals surface area contributed by atoms with Crippen LogP contribution < -0.4 is 15.6 Å². The molecule has 70 heavy (non-hydrogen) atoms. The van der Waals surface area contributed by atoms with E-state index in [0.717, 1.165) is 95.9 Å². The van der Waals surface area contributed by atoms with Gasteiger partial charge in [-0.05, 0) is 117 Å². The second kappa shape index (κ2) is 27.1. The quantitative estimate of drug-likeness (QED) is 0.0231. The maximum absolute atomic E-state index is 14.4. The van der Waals surface area contributed by atoms with E-state index in [-0.39, 0.29) is 54.6 Å². The number of aromatic hydroxyl groups is 1. The summed E-state index contributed by atoms with van der Waals surface area (Å²) in [5.41, 5.74) is 10.0. The van der Waals surface area contributed by atoms with Gasteiger partial charge >= 0.3 is 27.9 Å². The normalized spacial score (nSPS) is 17.6. The van der Waals surface area contributed by atoms with Gasteiger partial charge in [0.1, 0.15) is 23.3 Å². The summed E-state index contributed by atoms with van der Waals surface area (Å²) in [6, 6.07) is 14.9. The molecule has 1 saturated carbocycles. The average Bonchev–Trinajstić information content (AvgIpc) is 3.96. The van der Waals surface area contributed by atoms with Crippen molar-refractivity contribution < 1.29 is 33.8 Å². The molecule has 6 rings (SSSR count). The van der Waals surface area contributed by atoms with Gasteiger partial charge in [-0.15, -0.1) is 0 Å². The SMILES string of the molecule is CCCN(C1CCCC1C=O)N(C)NSC(C(=O)NC(Cc1cc(O)cc(-c2ccc3c(c2)c(CC(C)(C)COC=O)c(-c2cccnc2C(C)OC)n3CC)c1)C(=O)N1CCCCN1)C(C)C.[CH3][Sb]. The standard InChI is InChI=1S/C52H74N8O7S.CH3.Sb/c1-10-23-60(45-18-14-16-38(45)31-61)57(8)56-68-49(34(3)4)50(64)55-44(51(65)59-24-13-12-22-54-59)27-36-25-39(28-40(63)26-36)37-19-20-46-42(29-37)43(30-52(6,7)32-67-33-62)48(58(46)11-2)41-17-15-21-53-47(41)35(5)66-9;;/h15,17,19-21,25-26,28-29,31,33-35,38,44-45,49,54,56,63H,10-14,16,18,22-24,27,30,32H2,1-9H3,(H,55,64);1H3;. The summed E-state index contributed by atoms with van der Waals surface area (Å²) in [5.74, 6) is -0.604. The van der Waals surface area contributed by atoms with Crippen molar-refractivity contribution >= 4 is 70.4 Å². The average molecular weight is 1090 g/mol. The molecule has 15 nitrogen and oxygen atoms in total. The molecule has 2 radical (unpaired) electrons. The number of benzene rings is 2. The van der Waals surface area contributed by atoms with Gasteiger partial charge in [0.15, 0.2) is 0 Å². The Morgan fingerprint density at radius 2 is 1.83 bits per heavy atom. The van der Waals surface area contributed by atoms with Crippen molar-refractivity contribution in [3.05, 3.63) is 71.5 Å². The van der Waals surface area contributed by atoms with E-state index in [4.69, 9.17) is 14.5 Å². The zero-order chi connectivity index (χ0) is 51.1. The number of pyridine rings is 1. The molecule has 1 saturated heterocycles. The van der Waals surface area contributed by atoms with Crippen LogP contribution in [0.4, 0.5) is 0 Å². The predicted octanol–water partition coefficient (Wildman–Crippen LogP) is 8.01. The van der Waals surface area contributed by atoms with Crippen LogP contribution in [0.1, 0.15) is 110 Å². The van der Waals surface area contributed by atoms with Crippen LogP contribution in [0.3, 0.4) is 0 Å². The molecule has 2 aromatic carbocycles. The molecule has 2 amide bonds. The Balaban J connectivity index is 0.00000450. The first-order valence-electron chi connectivity index (χ1n) is 24.8. The summed E-state index contributed by atoms with van der Waals surface area (Å²) in [6.07, 6.45) is 8.81. The Bertz CT molecular complexity index is 2360. The Kier molecular flexibility index (Phi) is 22.1. The van der Waals surface area contributed by atoms with Gasteiger partial charge in [-0.3, -0.25) is 24.4 Å². The molecule has 5 atom stereocenters. The molecule has 2 aliphatic rings. The second-order valence-corrected chi connectivity index (χ2v) is 20.4. The van der Waals surface area contributed by atoms with Crippen molar-refractivity contribution in [2.24, 2.45) is 17.3 Å². The molecule has 5 unspecified atom stereocenters. The van der Waals surface area contributed by atoms with Gasteiger partial charge in [-0.25, -0.2) is 10.4 Å². The number of carbonyl (C=O) groups is 4. The van der Waals surface area contributed by atoms with E-state index in [1.807, 2.05) is 51.1 Å². The van der Waals surface area contributed by atoms with E-state index in [2.05, 4.69) is 75.9 Å². The number of rotatable bonds is 24. The Labute approximate surface area is 434 Å². The van der Waals surface area contributed by atoms with Crippen molar-refractivity contribution in [3.63, 3.8) is 0 Å². The van der Waals surface area contributed by atoms with E-state index >= 15 is 0 Å². The molecule has 2 aromatic heterocycles. The fraction of sp³-hybridized carbons (Fsp3) is 0.566. The maximum atomic E-state index is 14.4. The Morgan fingerprint density at radius 3 is 2.49 bits per heavy atom. The van der Waals surface area contributed by atoms with E-state index in [9.17, 15) is 24.3 Å². The van der Waals surface area contributed by atoms with E-state index < -0.39 is 16.7 Å². The molecule has 0 spiro atoms. The summed E-state index contributed by atoms with van der Waals surface area (Å²) >= 11 is 3.05. The Hall–Kier alpha value is -4.02. The van der Waals surface area contributed by atoms with Crippen molar-refractivity contribution in [1.82, 2.24) is 40.3 Å². The third-order valence-corrected chi connectivity index (χ3v) is 14.7. The number of hydrazine groups is 3. The van der Waals surface area contributed by atoms with Gasteiger partial charge in [0.2, 0.25) is 5.91 Å². The fourth-order valence-corrected chi connectivity index (χ4v) is 10.7.